The first-order chi connectivity index (χ1) is 7.40. The van der Waals surface area contributed by atoms with E-state index in [1.165, 1.54) is 11.8 Å². The fourth-order valence-electron chi connectivity index (χ4n) is 1.02. The lowest BCUT2D eigenvalue weighted by Gasteiger charge is -1.88. The standard InChI is InChI=1S/C9H8N4S2/c10-4-2-6-15-9-11-8(12-13-9)7-3-1-5-14-7/h1,3,5H,2,6H2,(H,11,12,13). The maximum atomic E-state index is 8.39. The van der Waals surface area contributed by atoms with Crippen molar-refractivity contribution in [3.8, 4) is 16.8 Å². The highest BCUT2D eigenvalue weighted by molar-refractivity contribution is 7.99. The van der Waals surface area contributed by atoms with Crippen LogP contribution in [-0.2, 0) is 0 Å². The van der Waals surface area contributed by atoms with Crippen LogP contribution >= 0.6 is 23.1 Å². The minimum atomic E-state index is 0.521. The molecule has 0 aliphatic rings. The molecule has 76 valence electrons. The number of nitriles is 1. The number of hydrogen-bond donors (Lipinski definition) is 1. The summed E-state index contributed by atoms with van der Waals surface area (Å²) in [6, 6.07) is 6.06. The van der Waals surface area contributed by atoms with Crippen LogP contribution in [0.25, 0.3) is 10.7 Å². The van der Waals surface area contributed by atoms with Crippen LogP contribution in [0.3, 0.4) is 0 Å². The van der Waals surface area contributed by atoms with Crippen LogP contribution in [0.4, 0.5) is 0 Å². The maximum absolute atomic E-state index is 8.39. The van der Waals surface area contributed by atoms with Crippen molar-refractivity contribution in [1.82, 2.24) is 15.2 Å². The fraction of sp³-hybridized carbons (Fsp3) is 0.222. The predicted molar refractivity (Wildman–Crippen MR) is 60.6 cm³/mol. The molecule has 2 rings (SSSR count). The second-order valence-electron chi connectivity index (χ2n) is 2.70. The normalized spacial score (nSPS) is 10.1. The smallest absolute Gasteiger partial charge is 0.208 e. The summed E-state index contributed by atoms with van der Waals surface area (Å²) in [5, 5.41) is 18.0. The monoisotopic (exact) mass is 236 g/mol. The molecule has 0 saturated heterocycles. The molecule has 0 fully saturated rings. The quantitative estimate of drug-likeness (QED) is 0.654. The molecule has 4 nitrogen and oxygen atoms in total. The molecular weight excluding hydrogens is 228 g/mol. The zero-order chi connectivity index (χ0) is 10.5. The van der Waals surface area contributed by atoms with Gasteiger partial charge in [0.15, 0.2) is 5.82 Å². The van der Waals surface area contributed by atoms with Crippen molar-refractivity contribution in [2.75, 3.05) is 5.75 Å². The number of nitrogens with zero attached hydrogens (tertiary/aromatic N) is 3. The van der Waals surface area contributed by atoms with Gasteiger partial charge in [-0.15, -0.1) is 16.4 Å². The van der Waals surface area contributed by atoms with E-state index in [1.807, 2.05) is 17.5 Å². The molecule has 0 aliphatic carbocycles. The number of nitrogens with one attached hydrogen (secondary N) is 1. The largest absolute Gasteiger partial charge is 0.257 e. The Labute approximate surface area is 95.4 Å². The Kier molecular flexibility index (Phi) is 3.37. The molecule has 0 spiro atoms. The van der Waals surface area contributed by atoms with Gasteiger partial charge in [-0.1, -0.05) is 17.8 Å². The Bertz CT molecular complexity index is 455. The third-order valence-electron chi connectivity index (χ3n) is 1.66. The van der Waals surface area contributed by atoms with E-state index < -0.39 is 0 Å². The molecule has 0 aromatic carbocycles. The van der Waals surface area contributed by atoms with Gasteiger partial charge in [0.25, 0.3) is 0 Å². The maximum Gasteiger partial charge on any atom is 0.208 e. The summed E-state index contributed by atoms with van der Waals surface area (Å²) in [4.78, 5) is 5.40. The minimum Gasteiger partial charge on any atom is -0.257 e. The number of rotatable bonds is 4. The molecule has 2 aromatic rings. The molecular formula is C9H8N4S2. The first-order valence-electron chi connectivity index (χ1n) is 4.36. The second kappa shape index (κ2) is 4.96. The van der Waals surface area contributed by atoms with Crippen molar-refractivity contribution in [2.45, 2.75) is 11.6 Å². The molecule has 0 atom stereocenters. The zero-order valence-corrected chi connectivity index (χ0v) is 9.44. The van der Waals surface area contributed by atoms with Gasteiger partial charge in [-0.25, -0.2) is 4.98 Å². The van der Waals surface area contributed by atoms with Crippen molar-refractivity contribution >= 4 is 23.1 Å². The molecule has 0 aliphatic heterocycles. The van der Waals surface area contributed by atoms with Gasteiger partial charge in [-0.05, 0) is 11.4 Å². The minimum absolute atomic E-state index is 0.521. The Balaban J connectivity index is 2.02. The van der Waals surface area contributed by atoms with Crippen LogP contribution in [0.2, 0.25) is 0 Å². The predicted octanol–water partition coefficient (Wildman–Crippen LogP) is 2.54. The number of aromatic nitrogens is 3. The average Bonchev–Trinajstić information content (AvgIpc) is 2.87. The summed E-state index contributed by atoms with van der Waals surface area (Å²) in [7, 11) is 0. The molecule has 6 heteroatoms. The first-order valence-corrected chi connectivity index (χ1v) is 6.22. The SMILES string of the molecule is N#CCCSc1n[nH]c(-c2cccs2)n1. The number of H-pyrrole nitrogens is 1. The lowest BCUT2D eigenvalue weighted by Crippen LogP contribution is -1.79. The molecule has 2 heterocycles. The second-order valence-corrected chi connectivity index (χ2v) is 4.71. The van der Waals surface area contributed by atoms with Crippen LogP contribution < -0.4 is 0 Å². The van der Waals surface area contributed by atoms with Gasteiger partial charge in [0.2, 0.25) is 5.16 Å². The molecule has 1 N–H and O–H groups in total. The molecule has 0 unspecified atom stereocenters. The van der Waals surface area contributed by atoms with Crippen molar-refractivity contribution < 1.29 is 0 Å². The van der Waals surface area contributed by atoms with E-state index in [9.17, 15) is 0 Å². The van der Waals surface area contributed by atoms with Crippen molar-refractivity contribution in [1.29, 1.82) is 5.26 Å². The summed E-state index contributed by atoms with van der Waals surface area (Å²) in [5.41, 5.74) is 0. The molecule has 0 bridgehead atoms. The fourth-order valence-corrected chi connectivity index (χ4v) is 2.33. The Hall–Kier alpha value is -1.32. The van der Waals surface area contributed by atoms with E-state index in [0.717, 1.165) is 16.5 Å². The Morgan fingerprint density at radius 2 is 2.53 bits per heavy atom. The number of aromatic amines is 1. The topological polar surface area (TPSA) is 65.4 Å². The molecule has 15 heavy (non-hydrogen) atoms. The van der Waals surface area contributed by atoms with Crippen molar-refractivity contribution in [2.24, 2.45) is 0 Å². The average molecular weight is 236 g/mol. The molecule has 0 radical (unpaired) electrons. The van der Waals surface area contributed by atoms with Crippen LogP contribution in [0.15, 0.2) is 22.7 Å². The van der Waals surface area contributed by atoms with Gasteiger partial charge in [0.05, 0.1) is 10.9 Å². The number of hydrogen-bond acceptors (Lipinski definition) is 5. The van der Waals surface area contributed by atoms with Crippen LogP contribution in [0, 0.1) is 11.3 Å². The highest BCUT2D eigenvalue weighted by atomic mass is 32.2. The van der Waals surface area contributed by atoms with E-state index in [0.29, 0.717) is 11.6 Å². The Morgan fingerprint density at radius 1 is 1.60 bits per heavy atom. The third-order valence-corrected chi connectivity index (χ3v) is 3.39. The van der Waals surface area contributed by atoms with E-state index in [2.05, 4.69) is 21.3 Å². The van der Waals surface area contributed by atoms with Gasteiger partial charge in [0, 0.05) is 12.2 Å². The van der Waals surface area contributed by atoms with Gasteiger partial charge in [-0.2, -0.15) is 5.26 Å². The zero-order valence-electron chi connectivity index (χ0n) is 7.80. The highest BCUT2D eigenvalue weighted by Crippen LogP contribution is 2.23. The summed E-state index contributed by atoms with van der Waals surface area (Å²) < 4.78 is 0. The summed E-state index contributed by atoms with van der Waals surface area (Å²) >= 11 is 3.11. The molecule has 0 amide bonds. The van der Waals surface area contributed by atoms with Crippen molar-refractivity contribution in [3.63, 3.8) is 0 Å². The van der Waals surface area contributed by atoms with Gasteiger partial charge in [-0.3, -0.25) is 5.10 Å². The Morgan fingerprint density at radius 3 is 3.27 bits per heavy atom. The van der Waals surface area contributed by atoms with Gasteiger partial charge in [0.1, 0.15) is 0 Å². The third kappa shape index (κ3) is 2.58. The summed E-state index contributed by atoms with van der Waals surface area (Å²) in [6.07, 6.45) is 0.521. The van der Waals surface area contributed by atoms with Crippen LogP contribution in [0.1, 0.15) is 6.42 Å². The highest BCUT2D eigenvalue weighted by Gasteiger charge is 2.05. The first kappa shape index (κ1) is 10.2. The molecule has 2 aromatic heterocycles. The van der Waals surface area contributed by atoms with Crippen molar-refractivity contribution in [3.05, 3.63) is 17.5 Å². The lowest BCUT2D eigenvalue weighted by molar-refractivity contribution is 0.972. The van der Waals surface area contributed by atoms with Crippen LogP contribution in [-0.4, -0.2) is 20.9 Å². The van der Waals surface area contributed by atoms with Gasteiger partial charge < -0.3 is 0 Å². The summed E-state index contributed by atoms with van der Waals surface area (Å²) in [6.45, 7) is 0. The van der Waals surface area contributed by atoms with Crippen LogP contribution in [0.5, 0.6) is 0 Å². The van der Waals surface area contributed by atoms with Gasteiger partial charge >= 0.3 is 0 Å². The van der Waals surface area contributed by atoms with E-state index in [-0.39, 0.29) is 0 Å². The number of thiophene rings is 1. The number of thioether (sulfide) groups is 1. The van der Waals surface area contributed by atoms with E-state index in [1.54, 1.807) is 11.3 Å². The lowest BCUT2D eigenvalue weighted by atomic mass is 10.4. The van der Waals surface area contributed by atoms with E-state index >= 15 is 0 Å². The van der Waals surface area contributed by atoms with E-state index in [4.69, 9.17) is 5.26 Å². The molecule has 0 saturated carbocycles. The summed E-state index contributed by atoms with van der Waals surface area (Å²) in [5.74, 6) is 1.53.